The second-order valence-electron chi connectivity index (χ2n) is 5.94. The molecule has 1 fully saturated rings. The van der Waals surface area contributed by atoms with E-state index in [0.29, 0.717) is 16.5 Å². The third-order valence-electron chi connectivity index (χ3n) is 4.17. The molecule has 1 saturated carbocycles. The Morgan fingerprint density at radius 2 is 1.44 bits per heavy atom. The normalized spacial score (nSPS) is 15.6. The van der Waals surface area contributed by atoms with Gasteiger partial charge in [0.2, 0.25) is 0 Å². The van der Waals surface area contributed by atoms with Crippen LogP contribution in [0.15, 0.2) is 24.3 Å². The number of hydrogen-bond donors (Lipinski definition) is 0. The van der Waals surface area contributed by atoms with Gasteiger partial charge in [-0.1, -0.05) is 23.7 Å². The number of rotatable bonds is 9. The van der Waals surface area contributed by atoms with Crippen molar-refractivity contribution in [3.05, 3.63) is 66.5 Å². The van der Waals surface area contributed by atoms with Gasteiger partial charge in [-0.2, -0.15) is 0 Å². The third-order valence-corrected chi connectivity index (χ3v) is 4.42. The summed E-state index contributed by atoms with van der Waals surface area (Å²) in [6.07, 6.45) is 6.89. The number of carbonyl (C=O) groups excluding carboxylic acids is 3. The molecule has 1 aliphatic carbocycles. The fraction of sp³-hybridized carbons (Fsp3) is 0.333. The highest BCUT2D eigenvalue weighted by molar-refractivity contribution is 6.30. The van der Waals surface area contributed by atoms with Crippen LogP contribution in [0.2, 0.25) is 5.02 Å². The van der Waals surface area contributed by atoms with Crippen LogP contribution in [0.4, 0.5) is 0 Å². The highest BCUT2D eigenvalue weighted by Gasteiger charge is 2.40. The van der Waals surface area contributed by atoms with Gasteiger partial charge in [0.05, 0.1) is 13.2 Å². The fourth-order valence-corrected chi connectivity index (χ4v) is 3.03. The Hall–Kier alpha value is -1.88. The zero-order valence-electron chi connectivity index (χ0n) is 15.3. The zero-order valence-corrected chi connectivity index (χ0v) is 16.1. The van der Waals surface area contributed by atoms with E-state index in [-0.39, 0.29) is 25.4 Å². The Morgan fingerprint density at radius 1 is 0.926 bits per heavy atom. The first kappa shape index (κ1) is 21.4. The summed E-state index contributed by atoms with van der Waals surface area (Å²) in [5.41, 5.74) is 0.644. The topological polar surface area (TPSA) is 69.7 Å². The molecular formula is C21H22ClO5. The molecule has 0 bridgehead atoms. The molecule has 0 aromatic heterocycles. The Bertz CT molecular complexity index is 631. The first-order chi connectivity index (χ1) is 13.0. The molecule has 0 heterocycles. The minimum atomic E-state index is -1.23. The molecule has 27 heavy (non-hydrogen) atoms. The molecule has 5 radical (unpaired) electrons. The molecule has 1 aromatic carbocycles. The molecule has 1 atom stereocenters. The average Bonchev–Trinajstić information content (AvgIpc) is 3.17. The van der Waals surface area contributed by atoms with Crippen LogP contribution in [-0.4, -0.2) is 30.9 Å². The van der Waals surface area contributed by atoms with Crippen LogP contribution >= 0.6 is 11.6 Å². The van der Waals surface area contributed by atoms with Gasteiger partial charge in [-0.05, 0) is 57.2 Å². The number of Topliss-reactive ketones (excluding diaryl/α,β-unsaturated/α-hetero) is 1. The second kappa shape index (κ2) is 10.5. The van der Waals surface area contributed by atoms with Crippen molar-refractivity contribution < 1.29 is 23.9 Å². The van der Waals surface area contributed by atoms with E-state index in [1.54, 1.807) is 63.8 Å². The summed E-state index contributed by atoms with van der Waals surface area (Å²) in [4.78, 5) is 37.8. The molecule has 0 saturated heterocycles. The van der Waals surface area contributed by atoms with E-state index in [2.05, 4.69) is 0 Å². The Balaban J connectivity index is 2.36. The van der Waals surface area contributed by atoms with Gasteiger partial charge in [0.1, 0.15) is 5.78 Å². The largest absolute Gasteiger partial charge is 0.465 e. The fourth-order valence-electron chi connectivity index (χ4n) is 2.90. The maximum absolute atomic E-state index is 12.7. The molecule has 5 nitrogen and oxygen atoms in total. The lowest BCUT2D eigenvalue weighted by atomic mass is 9.80. The van der Waals surface area contributed by atoms with E-state index in [9.17, 15) is 14.4 Å². The van der Waals surface area contributed by atoms with Crippen molar-refractivity contribution in [3.8, 4) is 0 Å². The van der Waals surface area contributed by atoms with Gasteiger partial charge >= 0.3 is 11.9 Å². The summed E-state index contributed by atoms with van der Waals surface area (Å²) in [5.74, 6) is -3.00. The van der Waals surface area contributed by atoms with Crippen molar-refractivity contribution >= 4 is 29.3 Å². The SMILES string of the molecule is CCOC(=O)C(C(=O)OCC)C(CC(=O)[C]1[CH][CH][CH][CH]1)c1ccc(Cl)cc1. The summed E-state index contributed by atoms with van der Waals surface area (Å²) < 4.78 is 10.2. The molecular weight excluding hydrogens is 368 g/mol. The number of benzene rings is 1. The first-order valence-corrected chi connectivity index (χ1v) is 9.19. The first-order valence-electron chi connectivity index (χ1n) is 8.81. The number of hydrogen-bond acceptors (Lipinski definition) is 5. The molecule has 6 heteroatoms. The summed E-state index contributed by atoms with van der Waals surface area (Å²) in [5, 5.41) is 0.517. The van der Waals surface area contributed by atoms with E-state index >= 15 is 0 Å². The molecule has 2 rings (SSSR count). The lowest BCUT2D eigenvalue weighted by Crippen LogP contribution is -2.35. The molecule has 0 spiro atoms. The third kappa shape index (κ3) is 5.80. The van der Waals surface area contributed by atoms with E-state index in [4.69, 9.17) is 21.1 Å². The molecule has 1 unspecified atom stereocenters. The van der Waals surface area contributed by atoms with Gasteiger partial charge in [-0.3, -0.25) is 14.4 Å². The van der Waals surface area contributed by atoms with Crippen molar-refractivity contribution in [2.75, 3.05) is 13.2 Å². The highest BCUT2D eigenvalue weighted by atomic mass is 35.5. The van der Waals surface area contributed by atoms with Crippen molar-refractivity contribution in [1.29, 1.82) is 0 Å². The summed E-state index contributed by atoms with van der Waals surface area (Å²) >= 11 is 5.96. The minimum absolute atomic E-state index is 0.0338. The van der Waals surface area contributed by atoms with Crippen molar-refractivity contribution in [3.63, 3.8) is 0 Å². The number of ketones is 1. The summed E-state index contributed by atoms with van der Waals surface area (Å²) in [6, 6.07) is 6.72. The average molecular weight is 390 g/mol. The smallest absolute Gasteiger partial charge is 0.320 e. The van der Waals surface area contributed by atoms with Gasteiger partial charge in [-0.15, -0.1) is 0 Å². The number of halogens is 1. The minimum Gasteiger partial charge on any atom is -0.465 e. The quantitative estimate of drug-likeness (QED) is 0.477. The van der Waals surface area contributed by atoms with Crippen molar-refractivity contribution in [1.82, 2.24) is 0 Å². The van der Waals surface area contributed by atoms with Crippen LogP contribution < -0.4 is 0 Å². The maximum atomic E-state index is 12.7. The molecule has 1 aliphatic rings. The zero-order chi connectivity index (χ0) is 19.8. The van der Waals surface area contributed by atoms with E-state index in [1.807, 2.05) is 0 Å². The molecule has 0 amide bonds. The molecule has 0 N–H and O–H groups in total. The van der Waals surface area contributed by atoms with Crippen molar-refractivity contribution in [2.24, 2.45) is 5.92 Å². The van der Waals surface area contributed by atoms with Crippen LogP contribution in [0, 0.1) is 37.5 Å². The Morgan fingerprint density at radius 3 is 1.93 bits per heavy atom. The molecule has 143 valence electrons. The summed E-state index contributed by atoms with van der Waals surface area (Å²) in [7, 11) is 0. The van der Waals surface area contributed by atoms with Gasteiger partial charge in [0.15, 0.2) is 5.92 Å². The van der Waals surface area contributed by atoms with Crippen LogP contribution in [0.5, 0.6) is 0 Å². The van der Waals surface area contributed by atoms with E-state index in [0.717, 1.165) is 0 Å². The Labute approximate surface area is 165 Å². The molecule has 0 aliphatic heterocycles. The lowest BCUT2D eigenvalue weighted by molar-refractivity contribution is -0.162. The highest BCUT2D eigenvalue weighted by Crippen LogP contribution is 2.35. The Kier molecular flexibility index (Phi) is 8.29. The van der Waals surface area contributed by atoms with Gasteiger partial charge in [0.25, 0.3) is 0 Å². The van der Waals surface area contributed by atoms with Crippen LogP contribution in [0.1, 0.15) is 31.7 Å². The van der Waals surface area contributed by atoms with Gasteiger partial charge in [-0.25, -0.2) is 0 Å². The van der Waals surface area contributed by atoms with Crippen LogP contribution in [-0.2, 0) is 23.9 Å². The lowest BCUT2D eigenvalue weighted by Gasteiger charge is -2.25. The van der Waals surface area contributed by atoms with E-state index in [1.165, 1.54) is 0 Å². The number of ether oxygens (including phenoxy) is 2. The van der Waals surface area contributed by atoms with Gasteiger partial charge in [0, 0.05) is 23.3 Å². The molecule has 1 aromatic rings. The second-order valence-corrected chi connectivity index (χ2v) is 6.38. The number of esters is 2. The van der Waals surface area contributed by atoms with E-state index < -0.39 is 23.8 Å². The van der Waals surface area contributed by atoms with Crippen LogP contribution in [0.25, 0.3) is 0 Å². The predicted molar refractivity (Wildman–Crippen MR) is 101 cm³/mol. The monoisotopic (exact) mass is 389 g/mol. The number of carbonyl (C=O) groups is 3. The predicted octanol–water partition coefficient (Wildman–Crippen LogP) is 3.53. The summed E-state index contributed by atoms with van der Waals surface area (Å²) in [6.45, 7) is 3.57. The maximum Gasteiger partial charge on any atom is 0.320 e. The van der Waals surface area contributed by atoms with Gasteiger partial charge < -0.3 is 9.47 Å². The standard InChI is InChI=1S/C21H22ClO5/c1-3-26-20(24)19(21(25)27-4-2)17(14-9-11-16(22)12-10-14)13-18(23)15-7-5-6-8-15/h5-12,17,19H,3-4,13H2,1-2H3. The van der Waals surface area contributed by atoms with Crippen LogP contribution in [0.3, 0.4) is 0 Å². The van der Waals surface area contributed by atoms with Crippen molar-refractivity contribution in [2.45, 2.75) is 26.2 Å².